The fourth-order valence-electron chi connectivity index (χ4n) is 2.73. The van der Waals surface area contributed by atoms with Crippen LogP contribution < -0.4 is 0 Å². The largest absolute Gasteiger partial charge is 0.481 e. The molecule has 0 bridgehead atoms. The maximum absolute atomic E-state index is 10.4. The Labute approximate surface area is 140 Å². The lowest BCUT2D eigenvalue weighted by molar-refractivity contribution is -0.139. The van der Waals surface area contributed by atoms with E-state index in [0.717, 1.165) is 38.5 Å². The number of aliphatic carboxylic acids is 2. The van der Waals surface area contributed by atoms with E-state index < -0.39 is 18.0 Å². The number of carboxylic acids is 2. The fourth-order valence-corrected chi connectivity index (χ4v) is 2.73. The summed E-state index contributed by atoms with van der Waals surface area (Å²) in [7, 11) is 0. The summed E-state index contributed by atoms with van der Waals surface area (Å²) in [6.07, 6.45) is 13.6. The molecule has 0 aromatic heterocycles. The quantitative estimate of drug-likeness (QED) is 0.344. The Balaban J connectivity index is 3.10. The smallest absolute Gasteiger partial charge is 0.305 e. The van der Waals surface area contributed by atoms with E-state index in [2.05, 4.69) is 0 Å². The molecule has 0 radical (unpaired) electrons. The van der Waals surface area contributed by atoms with E-state index in [0.29, 0.717) is 12.8 Å². The monoisotopic (exact) mass is 330 g/mol. The first-order valence-electron chi connectivity index (χ1n) is 9.14. The van der Waals surface area contributed by atoms with E-state index in [1.165, 1.54) is 38.5 Å². The second-order valence-electron chi connectivity index (χ2n) is 6.43. The number of hydrogen-bond donors (Lipinski definition) is 3. The zero-order valence-electron chi connectivity index (χ0n) is 14.3. The molecular formula is C18H34O5. The molecule has 0 aliphatic heterocycles. The van der Waals surface area contributed by atoms with Gasteiger partial charge >= 0.3 is 11.9 Å². The molecule has 0 amide bonds. The van der Waals surface area contributed by atoms with Crippen molar-refractivity contribution < 1.29 is 24.9 Å². The summed E-state index contributed by atoms with van der Waals surface area (Å²) < 4.78 is 0. The van der Waals surface area contributed by atoms with Crippen LogP contribution in [0.2, 0.25) is 0 Å². The summed E-state index contributed by atoms with van der Waals surface area (Å²) in [5.74, 6) is -1.62. The lowest BCUT2D eigenvalue weighted by atomic mass is 10.0. The molecule has 0 unspecified atom stereocenters. The second-order valence-corrected chi connectivity index (χ2v) is 6.43. The van der Waals surface area contributed by atoms with Gasteiger partial charge in [-0.1, -0.05) is 70.6 Å². The second kappa shape index (κ2) is 15.8. The molecule has 0 aromatic carbocycles. The van der Waals surface area contributed by atoms with Crippen LogP contribution in [0, 0.1) is 0 Å². The SMILES string of the molecule is O=C(O)CCCCCCCCCCCCCC[C@@H](O)CC(=O)O. The van der Waals surface area contributed by atoms with Gasteiger partial charge in [0, 0.05) is 6.42 Å². The molecule has 3 N–H and O–H groups in total. The number of carboxylic acid groups (broad SMARTS) is 2. The van der Waals surface area contributed by atoms with Crippen molar-refractivity contribution in [1.82, 2.24) is 0 Å². The lowest BCUT2D eigenvalue weighted by Gasteiger charge is -2.07. The molecular weight excluding hydrogens is 296 g/mol. The minimum absolute atomic E-state index is 0.143. The van der Waals surface area contributed by atoms with Crippen LogP contribution in [-0.4, -0.2) is 33.4 Å². The molecule has 0 aliphatic carbocycles. The van der Waals surface area contributed by atoms with Crippen LogP contribution in [0.4, 0.5) is 0 Å². The number of aliphatic hydroxyl groups is 1. The van der Waals surface area contributed by atoms with Crippen LogP contribution in [-0.2, 0) is 9.59 Å². The predicted molar refractivity (Wildman–Crippen MR) is 90.5 cm³/mol. The summed E-state index contributed by atoms with van der Waals surface area (Å²) in [6.45, 7) is 0. The third kappa shape index (κ3) is 18.9. The van der Waals surface area contributed by atoms with Gasteiger partial charge in [-0.05, 0) is 12.8 Å². The Morgan fingerprint density at radius 1 is 0.609 bits per heavy atom. The highest BCUT2D eigenvalue weighted by atomic mass is 16.4. The van der Waals surface area contributed by atoms with E-state index >= 15 is 0 Å². The lowest BCUT2D eigenvalue weighted by Crippen LogP contribution is -2.12. The number of rotatable bonds is 17. The van der Waals surface area contributed by atoms with Gasteiger partial charge in [0.05, 0.1) is 12.5 Å². The van der Waals surface area contributed by atoms with Gasteiger partial charge in [-0.25, -0.2) is 0 Å². The van der Waals surface area contributed by atoms with Gasteiger partial charge in [0.25, 0.3) is 0 Å². The van der Waals surface area contributed by atoms with Crippen molar-refractivity contribution in [3.8, 4) is 0 Å². The van der Waals surface area contributed by atoms with Gasteiger partial charge in [0.15, 0.2) is 0 Å². The summed E-state index contributed by atoms with van der Waals surface area (Å²) >= 11 is 0. The number of hydrogen-bond acceptors (Lipinski definition) is 3. The molecule has 0 fully saturated rings. The summed E-state index contributed by atoms with van der Waals surface area (Å²) in [6, 6.07) is 0. The molecule has 5 heteroatoms. The highest BCUT2D eigenvalue weighted by molar-refractivity contribution is 5.67. The first-order valence-corrected chi connectivity index (χ1v) is 9.14. The van der Waals surface area contributed by atoms with Crippen molar-refractivity contribution >= 4 is 11.9 Å². The van der Waals surface area contributed by atoms with Crippen LogP contribution in [0.5, 0.6) is 0 Å². The van der Waals surface area contributed by atoms with E-state index in [4.69, 9.17) is 10.2 Å². The highest BCUT2D eigenvalue weighted by Crippen LogP contribution is 2.13. The van der Waals surface area contributed by atoms with Gasteiger partial charge in [-0.15, -0.1) is 0 Å². The molecule has 0 spiro atoms. The molecule has 1 atom stereocenters. The third-order valence-electron chi connectivity index (χ3n) is 4.09. The van der Waals surface area contributed by atoms with Gasteiger partial charge < -0.3 is 15.3 Å². The average molecular weight is 330 g/mol. The summed E-state index contributed by atoms with van der Waals surface area (Å²) in [4.78, 5) is 20.7. The molecule has 23 heavy (non-hydrogen) atoms. The van der Waals surface area contributed by atoms with Gasteiger partial charge in [0.2, 0.25) is 0 Å². The molecule has 0 saturated carbocycles. The molecule has 0 aromatic rings. The van der Waals surface area contributed by atoms with Crippen molar-refractivity contribution in [2.45, 2.75) is 102 Å². The normalized spacial score (nSPS) is 12.2. The Hall–Kier alpha value is -1.10. The molecule has 0 rings (SSSR count). The van der Waals surface area contributed by atoms with Crippen molar-refractivity contribution in [2.75, 3.05) is 0 Å². The van der Waals surface area contributed by atoms with Gasteiger partial charge in [-0.3, -0.25) is 9.59 Å². The van der Waals surface area contributed by atoms with Gasteiger partial charge in [0.1, 0.15) is 0 Å². The fraction of sp³-hybridized carbons (Fsp3) is 0.889. The van der Waals surface area contributed by atoms with Gasteiger partial charge in [-0.2, -0.15) is 0 Å². The van der Waals surface area contributed by atoms with Crippen molar-refractivity contribution in [3.63, 3.8) is 0 Å². The Morgan fingerprint density at radius 2 is 1.00 bits per heavy atom. The third-order valence-corrected chi connectivity index (χ3v) is 4.09. The first kappa shape index (κ1) is 21.9. The number of carbonyl (C=O) groups is 2. The predicted octanol–water partition coefficient (Wildman–Crippen LogP) is 4.37. The summed E-state index contributed by atoms with van der Waals surface area (Å²) in [5, 5.41) is 26.5. The zero-order chi connectivity index (χ0) is 17.3. The highest BCUT2D eigenvalue weighted by Gasteiger charge is 2.08. The van der Waals surface area contributed by atoms with Crippen LogP contribution in [0.25, 0.3) is 0 Å². The Kier molecular flexibility index (Phi) is 15.0. The first-order chi connectivity index (χ1) is 11.0. The Morgan fingerprint density at radius 3 is 1.39 bits per heavy atom. The molecule has 0 saturated heterocycles. The minimum Gasteiger partial charge on any atom is -0.481 e. The molecule has 136 valence electrons. The van der Waals surface area contributed by atoms with Crippen LogP contribution in [0.3, 0.4) is 0 Å². The minimum atomic E-state index is -0.931. The molecule has 0 heterocycles. The average Bonchev–Trinajstić information content (AvgIpc) is 2.46. The molecule has 0 aliphatic rings. The van der Waals surface area contributed by atoms with E-state index in [9.17, 15) is 14.7 Å². The summed E-state index contributed by atoms with van der Waals surface area (Å²) in [5.41, 5.74) is 0. The van der Waals surface area contributed by atoms with Crippen molar-refractivity contribution in [2.24, 2.45) is 0 Å². The van der Waals surface area contributed by atoms with Crippen LogP contribution in [0.15, 0.2) is 0 Å². The number of unbranched alkanes of at least 4 members (excludes halogenated alkanes) is 11. The van der Waals surface area contributed by atoms with E-state index in [1.807, 2.05) is 0 Å². The molecule has 5 nitrogen and oxygen atoms in total. The van der Waals surface area contributed by atoms with Crippen LogP contribution in [0.1, 0.15) is 96.3 Å². The maximum atomic E-state index is 10.4. The topological polar surface area (TPSA) is 94.8 Å². The van der Waals surface area contributed by atoms with Crippen molar-refractivity contribution in [1.29, 1.82) is 0 Å². The zero-order valence-corrected chi connectivity index (χ0v) is 14.3. The van der Waals surface area contributed by atoms with Crippen LogP contribution >= 0.6 is 0 Å². The van der Waals surface area contributed by atoms with E-state index in [1.54, 1.807) is 0 Å². The van der Waals surface area contributed by atoms with Crippen molar-refractivity contribution in [3.05, 3.63) is 0 Å². The number of aliphatic hydroxyl groups excluding tert-OH is 1. The standard InChI is InChI=1S/C18H34O5/c19-16(15-18(22)23)13-11-9-7-5-3-1-2-4-6-8-10-12-14-17(20)21/h16,19H,1-15H2,(H,20,21)(H,22,23)/t16-/m1/s1. The maximum Gasteiger partial charge on any atom is 0.305 e. The Bertz CT molecular complexity index is 304. The van der Waals surface area contributed by atoms with E-state index in [-0.39, 0.29) is 6.42 Å².